The van der Waals surface area contributed by atoms with Crippen LogP contribution < -0.4 is 69.7 Å². The Kier molecular flexibility index (Phi) is 58.6. The molecule has 2 N–H and O–H groups in total. The van der Waals surface area contributed by atoms with Gasteiger partial charge in [0.2, 0.25) is 24.3 Å². The van der Waals surface area contributed by atoms with Crippen molar-refractivity contribution in [3.05, 3.63) is 71.8 Å². The van der Waals surface area contributed by atoms with Gasteiger partial charge in [0.05, 0.1) is 56.4 Å². The van der Waals surface area contributed by atoms with E-state index in [4.69, 9.17) is 28.5 Å². The summed E-state index contributed by atoms with van der Waals surface area (Å²) in [7, 11) is -3.05. The van der Waals surface area contributed by atoms with Crippen molar-refractivity contribution in [2.24, 2.45) is 25.9 Å². The monoisotopic (exact) mass is 1090 g/mol. The number of aliphatic imine (C=N–C) groups is 4. The number of carbonyl (C=O) groups is 2. The van der Waals surface area contributed by atoms with Gasteiger partial charge in [-0.15, -0.1) is 0 Å². The van der Waals surface area contributed by atoms with Crippen LogP contribution in [-0.2, 0) is 58.4 Å². The molecule has 22 nitrogen and oxygen atoms in total. The fourth-order valence-electron chi connectivity index (χ4n) is 5.27. The number of nitrogens with zero attached hydrogens (tertiary/aromatic N) is 4. The first-order valence-corrected chi connectivity index (χ1v) is 25.4. The van der Waals surface area contributed by atoms with Gasteiger partial charge in [0.15, 0.2) is 0 Å². The van der Waals surface area contributed by atoms with Crippen molar-refractivity contribution in [1.29, 1.82) is 0 Å². The average Bonchev–Trinajstić information content (AvgIpc) is 3.34. The number of benzene rings is 2. The van der Waals surface area contributed by atoms with E-state index in [1.165, 1.54) is 51.5 Å². The Morgan fingerprint density at radius 3 is 1.38 bits per heavy atom. The third-order valence-corrected chi connectivity index (χ3v) is 11.8. The molecule has 0 radical (unpaired) electrons. The smallest absolute Gasteiger partial charge is 0.748 e. The molecule has 2 amide bonds. The molecule has 1 saturated carbocycles. The first-order chi connectivity index (χ1) is 33.5. The molecule has 3 rings (SSSR count). The molecule has 0 aliphatic heterocycles. The topological polar surface area (TPSA) is 327 Å². The number of amides is 2. The molecule has 1 fully saturated rings. The van der Waals surface area contributed by atoms with Gasteiger partial charge < -0.3 is 38.7 Å². The van der Waals surface area contributed by atoms with Crippen LogP contribution in [0.3, 0.4) is 0 Å². The summed E-state index contributed by atoms with van der Waals surface area (Å²) in [5.74, 6) is 0.388. The molecule has 26 heteroatoms. The third-order valence-electron chi connectivity index (χ3n) is 9.24. The summed E-state index contributed by atoms with van der Waals surface area (Å²) in [6.45, 7) is 12.5. The number of hydrogen-bond acceptors (Lipinski definition) is 20. The fraction of sp³-hybridized carbons (Fsp3) is 0.617. The molecular weight excluding hydrogens is 1010 g/mol. The molecule has 2 aromatic carbocycles. The van der Waals surface area contributed by atoms with Crippen LogP contribution in [0.4, 0.5) is 9.59 Å². The Labute approximate surface area is 476 Å². The number of nitrogens with one attached hydrogen (secondary N) is 2. The Bertz CT molecular complexity index is 2060. The minimum absolute atomic E-state index is 0. The quantitative estimate of drug-likeness (QED) is 0.0862. The summed E-state index contributed by atoms with van der Waals surface area (Å²) in [6.07, 6.45) is 7.51. The molecule has 2 aromatic rings. The van der Waals surface area contributed by atoms with Crippen LogP contribution in [0.2, 0.25) is 0 Å². The van der Waals surface area contributed by atoms with Crippen LogP contribution in [0.5, 0.6) is 0 Å². The molecular formula is C47H74N6Na2O16S2. The first kappa shape index (κ1) is 80.6. The molecule has 0 saturated heterocycles. The zero-order chi connectivity index (χ0) is 55.1. The second-order valence-corrected chi connectivity index (χ2v) is 18.4. The van der Waals surface area contributed by atoms with E-state index in [9.17, 15) is 45.1 Å². The first-order valence-electron chi connectivity index (χ1n) is 22.4. The van der Waals surface area contributed by atoms with Crippen molar-refractivity contribution >= 4 is 56.7 Å². The molecule has 7 unspecified atom stereocenters. The van der Waals surface area contributed by atoms with Crippen molar-refractivity contribution < 1.29 is 133 Å². The maximum Gasteiger partial charge on any atom is 1.00 e. The van der Waals surface area contributed by atoms with Crippen molar-refractivity contribution in [3.63, 3.8) is 0 Å². The number of isocyanates is 4. The number of hydrogen-bond donors (Lipinski definition) is 2. The number of ether oxygens (including phenoxy) is 4. The van der Waals surface area contributed by atoms with E-state index >= 15 is 0 Å². The molecule has 402 valence electrons. The largest absolute Gasteiger partial charge is 1.00 e. The van der Waals surface area contributed by atoms with E-state index in [1.54, 1.807) is 32.9 Å². The predicted octanol–water partition coefficient (Wildman–Crippen LogP) is 0.0400. The molecule has 1 aliphatic rings. The van der Waals surface area contributed by atoms with Gasteiger partial charge in [-0.3, -0.25) is 0 Å². The van der Waals surface area contributed by atoms with Gasteiger partial charge in [0.1, 0.15) is 13.2 Å². The second-order valence-electron chi connectivity index (χ2n) is 15.1. The summed E-state index contributed by atoms with van der Waals surface area (Å²) in [5.41, 5.74) is 2.64. The summed E-state index contributed by atoms with van der Waals surface area (Å²) in [6, 6.07) is 20.5. The number of aryl methyl sites for hydroxylation is 2. The van der Waals surface area contributed by atoms with Crippen LogP contribution in [0.25, 0.3) is 0 Å². The van der Waals surface area contributed by atoms with Crippen LogP contribution in [0, 0.1) is 19.8 Å². The van der Waals surface area contributed by atoms with Crippen molar-refractivity contribution in [3.8, 4) is 0 Å². The van der Waals surface area contributed by atoms with Gasteiger partial charge in [0.25, 0.3) is 0 Å². The Morgan fingerprint density at radius 2 is 1.08 bits per heavy atom. The van der Waals surface area contributed by atoms with Gasteiger partial charge >= 0.3 is 71.3 Å². The van der Waals surface area contributed by atoms with Gasteiger partial charge in [-0.25, -0.2) is 65.6 Å². The number of carbonyl (C=O) groups excluding carboxylic acids is 6. The van der Waals surface area contributed by atoms with E-state index in [2.05, 4.69) is 68.7 Å². The van der Waals surface area contributed by atoms with Gasteiger partial charge in [-0.2, -0.15) is 0 Å². The number of rotatable bonds is 18. The fourth-order valence-corrected chi connectivity index (χ4v) is 6.83. The Hall–Kier alpha value is -3.76. The van der Waals surface area contributed by atoms with Crippen molar-refractivity contribution in [2.75, 3.05) is 54.6 Å². The SMILES string of the molecule is CC1CCC(N=C=O)CC1N=C=O.CCCC(CC)S(=O)(=O)[O-].CN=C=O.CN=C=O.CNC(=O)OCC(C)OCCC(COC(C)COC(=O)NC)S(=O)(=O)[O-].Cc1ccccc1.Cc1ccccc1.[Na+].[Na+]. The molecule has 1 aliphatic carbocycles. The van der Waals surface area contributed by atoms with Crippen LogP contribution in [-0.4, -0.2) is 152 Å². The summed E-state index contributed by atoms with van der Waals surface area (Å²) < 4.78 is 85.3. The zero-order valence-electron chi connectivity index (χ0n) is 44.7. The molecule has 0 heterocycles. The normalized spacial score (nSPS) is 15.3. The maximum absolute atomic E-state index is 11.3. The van der Waals surface area contributed by atoms with Crippen LogP contribution in [0.15, 0.2) is 80.6 Å². The Morgan fingerprint density at radius 1 is 0.671 bits per heavy atom. The summed E-state index contributed by atoms with van der Waals surface area (Å²) in [5, 5.41) is 2.55. The zero-order valence-corrected chi connectivity index (χ0v) is 50.4. The maximum atomic E-state index is 11.3. The predicted molar refractivity (Wildman–Crippen MR) is 266 cm³/mol. The van der Waals surface area contributed by atoms with Crippen molar-refractivity contribution in [2.45, 2.75) is 128 Å². The Balaban J connectivity index is -0.000000199. The van der Waals surface area contributed by atoms with E-state index in [0.29, 0.717) is 25.2 Å². The minimum Gasteiger partial charge on any atom is -0.748 e. The van der Waals surface area contributed by atoms with Crippen molar-refractivity contribution in [1.82, 2.24) is 10.6 Å². The van der Waals surface area contributed by atoms with Crippen LogP contribution >= 0.6 is 0 Å². The number of alkyl carbamates (subject to hydrolysis) is 2. The summed E-state index contributed by atoms with van der Waals surface area (Å²) >= 11 is 0. The van der Waals surface area contributed by atoms with Gasteiger partial charge in [-0.05, 0) is 72.1 Å². The second kappa shape index (κ2) is 53.1. The third kappa shape index (κ3) is 52.9. The average molecular weight is 1090 g/mol. The minimum atomic E-state index is -4.59. The van der Waals surface area contributed by atoms with Gasteiger partial charge in [0, 0.05) is 40.0 Å². The molecule has 0 aromatic heterocycles. The van der Waals surface area contributed by atoms with Crippen LogP contribution in [0.1, 0.15) is 90.7 Å². The van der Waals surface area contributed by atoms with Gasteiger partial charge in [-0.1, -0.05) is 99.0 Å². The molecule has 7 atom stereocenters. The van der Waals surface area contributed by atoms with E-state index in [-0.39, 0.29) is 104 Å². The summed E-state index contributed by atoms with van der Waals surface area (Å²) in [4.78, 5) is 73.0. The van der Waals surface area contributed by atoms with E-state index < -0.39 is 55.1 Å². The molecule has 0 spiro atoms. The molecule has 0 bridgehead atoms. The van der Waals surface area contributed by atoms with E-state index in [0.717, 1.165) is 19.3 Å². The van der Waals surface area contributed by atoms with E-state index in [1.807, 2.05) is 50.2 Å². The molecule has 73 heavy (non-hydrogen) atoms. The standard InChI is InChI=1S/C14H28N2O9S.C9H12N2O2.2C7H8.C6H14O3S.2C2H3NO.2Na/c1-10(7-24-13(17)15-3)22-6-5-12(26(19,20)21)9-23-11(2)8-25-14(18)16-4;1-7-2-3-8(10-5-12)4-9(7)11-6-13;2*1-7-5-3-2-4-6-7;1-3-5-6(4-2)10(7,8)9;2*1-3-2-4;;/h10-12H,5-9H2,1-4H3,(H,15,17)(H,16,18)(H,19,20,21);7-9H,2-4H2,1H3;2*2-6H,1H3;6H,3-5H2,1-2H3,(H,7,8,9);2*1H3;;/q;;;;;;;2*+1/p-2.